The fourth-order valence-corrected chi connectivity index (χ4v) is 4.76. The highest BCUT2D eigenvalue weighted by atomic mass is 32.2. The Labute approximate surface area is 155 Å². The van der Waals surface area contributed by atoms with Crippen LogP contribution in [-0.2, 0) is 18.3 Å². The molecule has 2 aromatic heterocycles. The number of ether oxygens (including phenoxy) is 1. The van der Waals surface area contributed by atoms with E-state index in [-0.39, 0.29) is 23.7 Å². The Hall–Kier alpha value is -1.51. The number of imidazole rings is 1. The Morgan fingerprint density at radius 1 is 1.44 bits per heavy atom. The van der Waals surface area contributed by atoms with Crippen LogP contribution in [0.25, 0.3) is 11.2 Å². The van der Waals surface area contributed by atoms with Crippen LogP contribution in [0.15, 0.2) is 9.95 Å². The van der Waals surface area contributed by atoms with Gasteiger partial charge >= 0.3 is 7.82 Å². The van der Waals surface area contributed by atoms with Crippen LogP contribution in [0.5, 0.6) is 0 Å². The first-order valence-electron chi connectivity index (χ1n) is 7.90. The van der Waals surface area contributed by atoms with E-state index in [0.717, 1.165) is 0 Å². The minimum absolute atomic E-state index is 0.0133. The second-order valence-electron chi connectivity index (χ2n) is 5.91. The molecule has 0 bridgehead atoms. The SMILES string of the molecule is NCCSc1nc2c(=O)[nH]c(N)nc2n1C1OC2COP(=O)(O)OC2C1O. The Morgan fingerprint density at radius 3 is 2.96 bits per heavy atom. The normalized spacial score (nSPS) is 33.4. The fraction of sp³-hybridized carbons (Fsp3) is 0.583. The van der Waals surface area contributed by atoms with Crippen molar-refractivity contribution in [3.8, 4) is 0 Å². The molecular formula is C12H17N6O7PS. The zero-order valence-electron chi connectivity index (χ0n) is 13.7. The molecule has 2 saturated heterocycles. The summed E-state index contributed by atoms with van der Waals surface area (Å²) in [6.07, 6.45) is -4.30. The number of nitrogens with zero attached hydrogens (tertiary/aromatic N) is 3. The van der Waals surface area contributed by atoms with Crippen LogP contribution in [0.2, 0.25) is 0 Å². The van der Waals surface area contributed by atoms with Crippen LogP contribution in [0.4, 0.5) is 5.95 Å². The quantitative estimate of drug-likeness (QED) is 0.284. The van der Waals surface area contributed by atoms with Crippen molar-refractivity contribution < 1.29 is 28.3 Å². The van der Waals surface area contributed by atoms with Crippen molar-refractivity contribution >= 4 is 36.7 Å². The molecule has 7 N–H and O–H groups in total. The Kier molecular flexibility index (Phi) is 4.76. The van der Waals surface area contributed by atoms with Gasteiger partial charge in [0.15, 0.2) is 22.5 Å². The monoisotopic (exact) mass is 420 g/mol. The smallest absolute Gasteiger partial charge is 0.386 e. The molecule has 5 unspecified atom stereocenters. The van der Waals surface area contributed by atoms with Gasteiger partial charge in [-0.1, -0.05) is 11.8 Å². The first kappa shape index (κ1) is 18.8. The molecule has 2 fully saturated rings. The predicted octanol–water partition coefficient (Wildman–Crippen LogP) is -1.47. The number of aliphatic hydroxyl groups excluding tert-OH is 1. The second kappa shape index (κ2) is 6.83. The lowest BCUT2D eigenvalue weighted by Crippen LogP contribution is -2.39. The van der Waals surface area contributed by atoms with Gasteiger partial charge in [-0.05, 0) is 0 Å². The molecule has 0 spiro atoms. The van der Waals surface area contributed by atoms with E-state index >= 15 is 0 Å². The summed E-state index contributed by atoms with van der Waals surface area (Å²) in [6.45, 7) is 0.115. The van der Waals surface area contributed by atoms with Crippen LogP contribution in [0.3, 0.4) is 0 Å². The maximum atomic E-state index is 12.2. The average molecular weight is 420 g/mol. The third-order valence-electron chi connectivity index (χ3n) is 4.11. The largest absolute Gasteiger partial charge is 0.472 e. The molecule has 148 valence electrons. The van der Waals surface area contributed by atoms with E-state index in [1.54, 1.807) is 0 Å². The molecule has 0 aliphatic carbocycles. The standard InChI is InChI=1S/C12H17N6O7PS/c13-1-2-27-12-15-5-8(16-11(14)17-9(5)20)18(12)10-6(19)7-4(24-10)3-23-26(21,22)25-7/h4,6-7,10,19H,1-3,13H2,(H,21,22)(H3,14,16,17,20). The fourth-order valence-electron chi connectivity index (χ4n) is 3.01. The number of hydrogen-bond acceptors (Lipinski definition) is 11. The maximum Gasteiger partial charge on any atom is 0.472 e. The molecule has 4 rings (SSSR count). The van der Waals surface area contributed by atoms with E-state index in [2.05, 4.69) is 15.0 Å². The summed E-state index contributed by atoms with van der Waals surface area (Å²) in [5, 5.41) is 11.0. The molecule has 5 atom stereocenters. The van der Waals surface area contributed by atoms with Gasteiger partial charge in [-0.2, -0.15) is 4.98 Å². The van der Waals surface area contributed by atoms with E-state index in [9.17, 15) is 19.4 Å². The average Bonchev–Trinajstić information content (AvgIpc) is 3.10. The summed E-state index contributed by atoms with van der Waals surface area (Å²) in [7, 11) is -4.27. The number of aromatic amines is 1. The summed E-state index contributed by atoms with van der Waals surface area (Å²) in [5.74, 6) is 0.353. The number of nitrogens with one attached hydrogen (secondary N) is 1. The highest BCUT2D eigenvalue weighted by molar-refractivity contribution is 7.99. The van der Waals surface area contributed by atoms with E-state index in [1.807, 2.05) is 0 Å². The summed E-state index contributed by atoms with van der Waals surface area (Å²) < 4.78 is 28.5. The van der Waals surface area contributed by atoms with Crippen LogP contribution >= 0.6 is 19.6 Å². The van der Waals surface area contributed by atoms with Crippen molar-refractivity contribution in [3.05, 3.63) is 10.4 Å². The molecule has 0 radical (unpaired) electrons. The van der Waals surface area contributed by atoms with Crippen molar-refractivity contribution in [3.63, 3.8) is 0 Å². The molecule has 0 saturated carbocycles. The van der Waals surface area contributed by atoms with E-state index in [1.165, 1.54) is 16.3 Å². The highest BCUT2D eigenvalue weighted by Crippen LogP contribution is 2.52. The maximum absolute atomic E-state index is 12.2. The van der Waals surface area contributed by atoms with Gasteiger partial charge in [0.05, 0.1) is 6.61 Å². The number of anilines is 1. The topological polar surface area (TPSA) is 201 Å². The van der Waals surface area contributed by atoms with Crippen LogP contribution in [-0.4, -0.2) is 66.7 Å². The predicted molar refractivity (Wildman–Crippen MR) is 92.9 cm³/mol. The molecule has 0 amide bonds. The molecular weight excluding hydrogens is 403 g/mol. The number of fused-ring (bicyclic) bond motifs is 2. The van der Waals surface area contributed by atoms with Gasteiger partial charge in [0.2, 0.25) is 5.95 Å². The molecule has 4 heterocycles. The number of nitrogens with two attached hydrogens (primary N) is 2. The van der Waals surface area contributed by atoms with Gasteiger partial charge in [0.1, 0.15) is 18.3 Å². The number of nitrogen functional groups attached to an aromatic ring is 1. The van der Waals surface area contributed by atoms with Gasteiger partial charge in [0, 0.05) is 12.3 Å². The highest BCUT2D eigenvalue weighted by Gasteiger charge is 2.53. The summed E-state index contributed by atoms with van der Waals surface area (Å²) >= 11 is 1.24. The summed E-state index contributed by atoms with van der Waals surface area (Å²) in [5.41, 5.74) is 10.8. The molecule has 27 heavy (non-hydrogen) atoms. The van der Waals surface area contributed by atoms with E-state index < -0.39 is 37.9 Å². The lowest BCUT2D eigenvalue weighted by molar-refractivity contribution is -0.0684. The number of phosphoric ester groups is 1. The number of phosphoric acid groups is 1. The van der Waals surface area contributed by atoms with Crippen LogP contribution in [0.1, 0.15) is 6.23 Å². The minimum atomic E-state index is -4.27. The Morgan fingerprint density at radius 2 is 2.22 bits per heavy atom. The second-order valence-corrected chi connectivity index (χ2v) is 8.38. The number of aromatic nitrogens is 4. The van der Waals surface area contributed by atoms with Gasteiger partial charge < -0.3 is 26.2 Å². The van der Waals surface area contributed by atoms with Gasteiger partial charge in [0.25, 0.3) is 5.56 Å². The van der Waals surface area contributed by atoms with Crippen molar-refractivity contribution in [2.24, 2.45) is 5.73 Å². The van der Waals surface area contributed by atoms with Crippen molar-refractivity contribution in [1.29, 1.82) is 0 Å². The molecule has 2 aromatic rings. The molecule has 2 aliphatic heterocycles. The number of H-pyrrole nitrogens is 1. The van der Waals surface area contributed by atoms with E-state index in [0.29, 0.717) is 17.5 Å². The lowest BCUT2D eigenvalue weighted by atomic mass is 10.1. The molecule has 2 aliphatic rings. The Balaban J connectivity index is 1.80. The number of aliphatic hydroxyl groups is 1. The van der Waals surface area contributed by atoms with Gasteiger partial charge in [-0.15, -0.1) is 0 Å². The minimum Gasteiger partial charge on any atom is -0.386 e. The molecule has 15 heteroatoms. The molecule has 0 aromatic carbocycles. The first-order chi connectivity index (χ1) is 12.8. The van der Waals surface area contributed by atoms with Gasteiger partial charge in [-0.25, -0.2) is 9.55 Å². The third-order valence-corrected chi connectivity index (χ3v) is 6.08. The molecule has 13 nitrogen and oxygen atoms in total. The summed E-state index contributed by atoms with van der Waals surface area (Å²) in [6, 6.07) is 0. The first-order valence-corrected chi connectivity index (χ1v) is 10.4. The number of rotatable bonds is 4. The number of hydrogen-bond donors (Lipinski definition) is 5. The third kappa shape index (κ3) is 3.28. The Bertz CT molecular complexity index is 981. The van der Waals surface area contributed by atoms with Crippen LogP contribution in [0, 0.1) is 0 Å². The van der Waals surface area contributed by atoms with Crippen molar-refractivity contribution in [1.82, 2.24) is 19.5 Å². The van der Waals surface area contributed by atoms with Gasteiger partial charge in [-0.3, -0.25) is 23.4 Å². The number of thioether (sulfide) groups is 1. The van der Waals surface area contributed by atoms with Crippen LogP contribution < -0.4 is 17.0 Å². The van der Waals surface area contributed by atoms with E-state index in [4.69, 9.17) is 25.3 Å². The van der Waals surface area contributed by atoms with Crippen molar-refractivity contribution in [2.45, 2.75) is 29.7 Å². The lowest BCUT2D eigenvalue weighted by Gasteiger charge is -2.27. The summed E-state index contributed by atoms with van der Waals surface area (Å²) in [4.78, 5) is 32.4. The van der Waals surface area contributed by atoms with Crippen molar-refractivity contribution in [2.75, 3.05) is 24.6 Å². The zero-order chi connectivity index (χ0) is 19.3. The zero-order valence-corrected chi connectivity index (χ0v) is 15.4.